The predicted octanol–water partition coefficient (Wildman–Crippen LogP) is 3.19. The van der Waals surface area contributed by atoms with Crippen molar-refractivity contribution in [2.24, 2.45) is 0 Å². The molecular weight excluding hydrogens is 258 g/mol. The number of halogens is 1. The second-order valence-corrected chi connectivity index (χ2v) is 5.03. The zero-order chi connectivity index (χ0) is 13.2. The molecule has 0 amide bonds. The van der Waals surface area contributed by atoms with Crippen molar-refractivity contribution in [2.75, 3.05) is 5.32 Å². The standard InChI is InChI=1S/C15H12ClN3/c16-14-12(9-17)5-6-18-15(14)19-13-7-10-3-1-2-4-11(10)8-13/h1-6,13H,7-8H2,(H,18,19). The smallest absolute Gasteiger partial charge is 0.146 e. The van der Waals surface area contributed by atoms with E-state index in [0.29, 0.717) is 16.4 Å². The molecule has 0 aliphatic heterocycles. The first-order valence-electron chi connectivity index (χ1n) is 6.16. The zero-order valence-electron chi connectivity index (χ0n) is 10.2. The number of aromatic nitrogens is 1. The maximum absolute atomic E-state index is 8.96. The van der Waals surface area contributed by atoms with E-state index in [-0.39, 0.29) is 6.04 Å². The molecule has 1 aliphatic carbocycles. The lowest BCUT2D eigenvalue weighted by atomic mass is 10.1. The Morgan fingerprint density at radius 2 is 1.89 bits per heavy atom. The predicted molar refractivity (Wildman–Crippen MR) is 75.2 cm³/mol. The van der Waals surface area contributed by atoms with Crippen molar-refractivity contribution >= 4 is 17.4 Å². The van der Waals surface area contributed by atoms with E-state index < -0.39 is 0 Å². The molecule has 2 aromatic rings. The van der Waals surface area contributed by atoms with Crippen molar-refractivity contribution in [1.82, 2.24) is 4.98 Å². The normalized spacial score (nSPS) is 13.9. The van der Waals surface area contributed by atoms with Crippen LogP contribution >= 0.6 is 11.6 Å². The van der Waals surface area contributed by atoms with Gasteiger partial charge in [-0.05, 0) is 30.0 Å². The highest BCUT2D eigenvalue weighted by atomic mass is 35.5. The molecule has 3 rings (SSSR count). The SMILES string of the molecule is N#Cc1ccnc(NC2Cc3ccccc3C2)c1Cl. The number of fused-ring (bicyclic) bond motifs is 1. The van der Waals surface area contributed by atoms with Gasteiger partial charge < -0.3 is 5.32 Å². The van der Waals surface area contributed by atoms with Crippen molar-refractivity contribution in [3.05, 3.63) is 58.2 Å². The highest BCUT2D eigenvalue weighted by Crippen LogP contribution is 2.28. The fourth-order valence-electron chi connectivity index (χ4n) is 2.48. The van der Waals surface area contributed by atoms with Crippen LogP contribution in [0.3, 0.4) is 0 Å². The lowest BCUT2D eigenvalue weighted by molar-refractivity contribution is 0.769. The number of nitrogens with zero attached hydrogens (tertiary/aromatic N) is 2. The molecule has 94 valence electrons. The molecule has 0 saturated carbocycles. The van der Waals surface area contributed by atoms with Crippen LogP contribution in [0.25, 0.3) is 0 Å². The van der Waals surface area contributed by atoms with Gasteiger partial charge in [-0.2, -0.15) is 5.26 Å². The van der Waals surface area contributed by atoms with Crippen LogP contribution in [0.5, 0.6) is 0 Å². The second-order valence-electron chi connectivity index (χ2n) is 4.65. The molecule has 0 unspecified atom stereocenters. The Balaban J connectivity index is 1.80. The Hall–Kier alpha value is -2.05. The van der Waals surface area contributed by atoms with Gasteiger partial charge in [-0.15, -0.1) is 0 Å². The molecule has 1 N–H and O–H groups in total. The molecule has 0 fully saturated rings. The number of benzene rings is 1. The van der Waals surface area contributed by atoms with E-state index in [0.717, 1.165) is 12.8 Å². The Morgan fingerprint density at radius 3 is 2.53 bits per heavy atom. The molecule has 0 saturated heterocycles. The number of nitriles is 1. The molecule has 1 aliphatic rings. The third-order valence-electron chi connectivity index (χ3n) is 3.40. The fourth-order valence-corrected chi connectivity index (χ4v) is 2.69. The molecule has 0 radical (unpaired) electrons. The number of anilines is 1. The quantitative estimate of drug-likeness (QED) is 0.911. The van der Waals surface area contributed by atoms with Crippen molar-refractivity contribution in [3.8, 4) is 6.07 Å². The van der Waals surface area contributed by atoms with E-state index in [2.05, 4.69) is 40.6 Å². The van der Waals surface area contributed by atoms with Gasteiger partial charge in [-0.3, -0.25) is 0 Å². The summed E-state index contributed by atoms with van der Waals surface area (Å²) in [5.41, 5.74) is 3.19. The van der Waals surface area contributed by atoms with Gasteiger partial charge in [0.2, 0.25) is 0 Å². The lowest BCUT2D eigenvalue weighted by Gasteiger charge is -2.14. The largest absolute Gasteiger partial charge is 0.365 e. The van der Waals surface area contributed by atoms with Crippen molar-refractivity contribution in [1.29, 1.82) is 5.26 Å². The Morgan fingerprint density at radius 1 is 1.21 bits per heavy atom. The monoisotopic (exact) mass is 269 g/mol. The minimum absolute atomic E-state index is 0.288. The first-order valence-corrected chi connectivity index (χ1v) is 6.53. The molecular formula is C15H12ClN3. The Labute approximate surface area is 116 Å². The number of rotatable bonds is 2. The van der Waals surface area contributed by atoms with Crippen LogP contribution in [0.1, 0.15) is 16.7 Å². The summed E-state index contributed by atoms with van der Waals surface area (Å²) in [5, 5.41) is 12.7. The first kappa shape index (κ1) is 12.0. The van der Waals surface area contributed by atoms with E-state index in [4.69, 9.17) is 16.9 Å². The van der Waals surface area contributed by atoms with E-state index >= 15 is 0 Å². The van der Waals surface area contributed by atoms with Gasteiger partial charge in [-0.1, -0.05) is 35.9 Å². The fraction of sp³-hybridized carbons (Fsp3) is 0.200. The van der Waals surface area contributed by atoms with Crippen molar-refractivity contribution in [3.63, 3.8) is 0 Å². The molecule has 0 atom stereocenters. The molecule has 1 aromatic carbocycles. The van der Waals surface area contributed by atoms with Gasteiger partial charge in [0.25, 0.3) is 0 Å². The molecule has 3 nitrogen and oxygen atoms in total. The number of hydrogen-bond donors (Lipinski definition) is 1. The van der Waals surface area contributed by atoms with Crippen LogP contribution in [0.4, 0.5) is 5.82 Å². The van der Waals surface area contributed by atoms with Crippen molar-refractivity contribution in [2.45, 2.75) is 18.9 Å². The van der Waals surface area contributed by atoms with Gasteiger partial charge >= 0.3 is 0 Å². The van der Waals surface area contributed by atoms with Gasteiger partial charge in [0, 0.05) is 12.2 Å². The van der Waals surface area contributed by atoms with Crippen LogP contribution < -0.4 is 5.32 Å². The van der Waals surface area contributed by atoms with Gasteiger partial charge in [-0.25, -0.2) is 4.98 Å². The molecule has 1 aromatic heterocycles. The average molecular weight is 270 g/mol. The van der Waals surface area contributed by atoms with Crippen LogP contribution in [0, 0.1) is 11.3 Å². The molecule has 0 spiro atoms. The summed E-state index contributed by atoms with van der Waals surface area (Å²) in [6.45, 7) is 0. The summed E-state index contributed by atoms with van der Waals surface area (Å²) in [6, 6.07) is 12.4. The molecule has 4 heteroatoms. The summed E-state index contributed by atoms with van der Waals surface area (Å²) in [6.07, 6.45) is 3.53. The Kier molecular flexibility index (Phi) is 3.10. The minimum Gasteiger partial charge on any atom is -0.365 e. The number of hydrogen-bond acceptors (Lipinski definition) is 3. The summed E-state index contributed by atoms with van der Waals surface area (Å²) in [7, 11) is 0. The van der Waals surface area contributed by atoms with E-state index in [9.17, 15) is 0 Å². The number of nitrogens with one attached hydrogen (secondary N) is 1. The summed E-state index contributed by atoms with van der Waals surface area (Å²) in [5.74, 6) is 0.596. The molecule has 0 bridgehead atoms. The van der Waals surface area contributed by atoms with Gasteiger partial charge in [0.05, 0.1) is 5.56 Å². The maximum Gasteiger partial charge on any atom is 0.146 e. The maximum atomic E-state index is 8.96. The zero-order valence-corrected chi connectivity index (χ0v) is 11.0. The second kappa shape index (κ2) is 4.91. The molecule has 1 heterocycles. The van der Waals surface area contributed by atoms with Gasteiger partial charge in [0.1, 0.15) is 16.9 Å². The summed E-state index contributed by atoms with van der Waals surface area (Å²) in [4.78, 5) is 4.22. The van der Waals surface area contributed by atoms with E-state index in [1.165, 1.54) is 11.1 Å². The average Bonchev–Trinajstić information content (AvgIpc) is 2.83. The topological polar surface area (TPSA) is 48.7 Å². The van der Waals surface area contributed by atoms with Crippen LogP contribution in [-0.2, 0) is 12.8 Å². The van der Waals surface area contributed by atoms with Gasteiger partial charge in [0.15, 0.2) is 0 Å². The Bertz CT molecular complexity index is 636. The van der Waals surface area contributed by atoms with Crippen LogP contribution in [-0.4, -0.2) is 11.0 Å². The van der Waals surface area contributed by atoms with Crippen LogP contribution in [0.15, 0.2) is 36.5 Å². The lowest BCUT2D eigenvalue weighted by Crippen LogP contribution is -2.20. The third-order valence-corrected chi connectivity index (χ3v) is 3.78. The third kappa shape index (κ3) is 2.27. The van der Waals surface area contributed by atoms with Crippen molar-refractivity contribution < 1.29 is 0 Å². The van der Waals surface area contributed by atoms with E-state index in [1.807, 2.05) is 0 Å². The van der Waals surface area contributed by atoms with Crippen LogP contribution in [0.2, 0.25) is 5.02 Å². The summed E-state index contributed by atoms with van der Waals surface area (Å²) >= 11 is 6.15. The highest BCUT2D eigenvalue weighted by molar-refractivity contribution is 6.34. The number of pyridine rings is 1. The van der Waals surface area contributed by atoms with E-state index in [1.54, 1.807) is 12.3 Å². The summed E-state index contributed by atoms with van der Waals surface area (Å²) < 4.78 is 0. The molecule has 19 heavy (non-hydrogen) atoms. The minimum atomic E-state index is 0.288. The highest BCUT2D eigenvalue weighted by Gasteiger charge is 2.22. The first-order chi connectivity index (χ1) is 9.28.